The summed E-state index contributed by atoms with van der Waals surface area (Å²) in [6.07, 6.45) is 3.52. The second kappa shape index (κ2) is 10.7. The zero-order valence-corrected chi connectivity index (χ0v) is 19.1. The number of rotatable bonds is 8. The number of hydrogen-bond donors (Lipinski definition) is 1. The Labute approximate surface area is 191 Å². The van der Waals surface area contributed by atoms with Crippen molar-refractivity contribution in [1.29, 1.82) is 0 Å². The third-order valence-electron chi connectivity index (χ3n) is 5.65. The summed E-state index contributed by atoms with van der Waals surface area (Å²) in [4.78, 5) is 32.8. The third-order valence-corrected chi connectivity index (χ3v) is 7.58. The highest BCUT2D eigenvalue weighted by atomic mass is 32.1. The van der Waals surface area contributed by atoms with Crippen molar-refractivity contribution in [3.8, 4) is 9.88 Å². The van der Waals surface area contributed by atoms with E-state index in [1.807, 2.05) is 29.2 Å². The highest BCUT2D eigenvalue weighted by Crippen LogP contribution is 2.27. The minimum absolute atomic E-state index is 0.00436. The number of hydrogen-bond acceptors (Lipinski definition) is 5. The number of amides is 2. The first kappa shape index (κ1) is 21.7. The van der Waals surface area contributed by atoms with Crippen LogP contribution in [0.25, 0.3) is 9.88 Å². The van der Waals surface area contributed by atoms with E-state index in [0.717, 1.165) is 36.4 Å². The van der Waals surface area contributed by atoms with Crippen LogP contribution in [0.2, 0.25) is 0 Å². The molecule has 1 fully saturated rings. The molecule has 0 unspecified atom stereocenters. The molecule has 162 valence electrons. The van der Waals surface area contributed by atoms with Gasteiger partial charge in [0.15, 0.2) is 0 Å². The van der Waals surface area contributed by atoms with Crippen LogP contribution in [0.4, 0.5) is 0 Å². The molecular formula is C24H27N3O2S2. The van der Waals surface area contributed by atoms with E-state index in [1.54, 1.807) is 22.7 Å². The highest BCUT2D eigenvalue weighted by molar-refractivity contribution is 7.20. The Morgan fingerprint density at radius 1 is 1.03 bits per heavy atom. The van der Waals surface area contributed by atoms with Gasteiger partial charge in [-0.05, 0) is 36.3 Å². The molecule has 31 heavy (non-hydrogen) atoms. The van der Waals surface area contributed by atoms with E-state index < -0.39 is 0 Å². The Morgan fingerprint density at radius 3 is 2.58 bits per heavy atom. The van der Waals surface area contributed by atoms with Gasteiger partial charge in [-0.15, -0.1) is 22.7 Å². The zero-order valence-electron chi connectivity index (χ0n) is 17.5. The third kappa shape index (κ3) is 6.02. The molecule has 1 aliphatic heterocycles. The molecule has 0 bridgehead atoms. The van der Waals surface area contributed by atoms with Gasteiger partial charge >= 0.3 is 0 Å². The Kier molecular flexibility index (Phi) is 7.48. The van der Waals surface area contributed by atoms with Crippen molar-refractivity contribution in [3.63, 3.8) is 0 Å². The van der Waals surface area contributed by atoms with Crippen molar-refractivity contribution < 1.29 is 9.59 Å². The largest absolute Gasteiger partial charge is 0.355 e. The fourth-order valence-electron chi connectivity index (χ4n) is 3.84. The van der Waals surface area contributed by atoms with Crippen LogP contribution in [0.15, 0.2) is 53.2 Å². The lowest BCUT2D eigenvalue weighted by Gasteiger charge is -2.31. The standard InChI is InChI=1S/C24H27N3O2S2/c28-22(9-8-18-5-2-1-3-6-18)27-14-11-19(12-15-27)23(29)25-13-10-20-17-31-24(26-20)21-7-4-16-30-21/h1-7,16-17,19H,8-15H2,(H,25,29). The van der Waals surface area contributed by atoms with E-state index in [9.17, 15) is 9.59 Å². The fraction of sp³-hybridized carbons (Fsp3) is 0.375. The highest BCUT2D eigenvalue weighted by Gasteiger charge is 2.26. The molecule has 2 aromatic heterocycles. The molecule has 3 aromatic rings. The summed E-state index contributed by atoms with van der Waals surface area (Å²) in [5.41, 5.74) is 2.21. The van der Waals surface area contributed by atoms with Crippen molar-refractivity contribution in [2.24, 2.45) is 5.92 Å². The molecule has 0 atom stereocenters. The number of thiophene rings is 1. The average molecular weight is 454 g/mol. The Balaban J connectivity index is 1.15. The second-order valence-electron chi connectivity index (χ2n) is 7.80. The number of benzene rings is 1. The number of likely N-dealkylation sites (tertiary alicyclic amines) is 1. The van der Waals surface area contributed by atoms with E-state index in [2.05, 4.69) is 39.3 Å². The Morgan fingerprint density at radius 2 is 1.84 bits per heavy atom. The molecular weight excluding hydrogens is 426 g/mol. The first-order valence-corrected chi connectivity index (χ1v) is 12.5. The maximum absolute atomic E-state index is 12.5. The summed E-state index contributed by atoms with van der Waals surface area (Å²) >= 11 is 3.34. The lowest BCUT2D eigenvalue weighted by molar-refractivity contribution is -0.135. The lowest BCUT2D eigenvalue weighted by atomic mass is 9.95. The van der Waals surface area contributed by atoms with E-state index in [0.29, 0.717) is 26.1 Å². The van der Waals surface area contributed by atoms with Gasteiger partial charge in [-0.3, -0.25) is 9.59 Å². The average Bonchev–Trinajstić information content (AvgIpc) is 3.50. The van der Waals surface area contributed by atoms with Gasteiger partial charge in [0.1, 0.15) is 5.01 Å². The SMILES string of the molecule is O=C(NCCc1csc(-c2cccs2)n1)C1CCN(C(=O)CCc2ccccc2)CC1. The molecule has 5 nitrogen and oxygen atoms in total. The van der Waals surface area contributed by atoms with Gasteiger partial charge in [0.05, 0.1) is 10.6 Å². The second-order valence-corrected chi connectivity index (χ2v) is 9.61. The van der Waals surface area contributed by atoms with Crippen molar-refractivity contribution in [1.82, 2.24) is 15.2 Å². The predicted octanol–water partition coefficient (Wildman–Crippen LogP) is 4.40. The molecule has 1 aromatic carbocycles. The van der Waals surface area contributed by atoms with Crippen LogP contribution < -0.4 is 5.32 Å². The molecule has 0 radical (unpaired) electrons. The van der Waals surface area contributed by atoms with Crippen molar-refractivity contribution in [2.45, 2.75) is 32.1 Å². The van der Waals surface area contributed by atoms with Crippen LogP contribution >= 0.6 is 22.7 Å². The topological polar surface area (TPSA) is 62.3 Å². The number of carbonyl (C=O) groups is 2. The summed E-state index contributed by atoms with van der Waals surface area (Å²) in [5, 5.41) is 8.23. The van der Waals surface area contributed by atoms with E-state index >= 15 is 0 Å². The molecule has 0 aliphatic carbocycles. The molecule has 1 N–H and O–H groups in total. The van der Waals surface area contributed by atoms with Crippen molar-refractivity contribution in [2.75, 3.05) is 19.6 Å². The Bertz CT molecular complexity index is 977. The number of nitrogens with zero attached hydrogens (tertiary/aromatic N) is 2. The number of carbonyl (C=O) groups excluding carboxylic acids is 2. The van der Waals surface area contributed by atoms with Gasteiger partial charge in [-0.2, -0.15) is 0 Å². The van der Waals surface area contributed by atoms with Gasteiger partial charge in [0.25, 0.3) is 0 Å². The summed E-state index contributed by atoms with van der Waals surface area (Å²) in [6, 6.07) is 14.2. The quantitative estimate of drug-likeness (QED) is 0.550. The normalized spacial score (nSPS) is 14.5. The molecule has 7 heteroatoms. The first-order valence-electron chi connectivity index (χ1n) is 10.8. The van der Waals surface area contributed by atoms with Crippen LogP contribution in [-0.4, -0.2) is 41.3 Å². The molecule has 2 amide bonds. The predicted molar refractivity (Wildman–Crippen MR) is 126 cm³/mol. The number of aromatic nitrogens is 1. The molecule has 1 aliphatic rings. The number of nitrogens with one attached hydrogen (secondary N) is 1. The maximum Gasteiger partial charge on any atom is 0.223 e. The zero-order chi connectivity index (χ0) is 21.5. The number of aryl methyl sites for hydroxylation is 1. The summed E-state index contributed by atoms with van der Waals surface area (Å²) < 4.78 is 0. The monoisotopic (exact) mass is 453 g/mol. The minimum Gasteiger partial charge on any atom is -0.355 e. The van der Waals surface area contributed by atoms with E-state index in [4.69, 9.17) is 0 Å². The Hall–Kier alpha value is -2.51. The maximum atomic E-state index is 12.5. The van der Waals surface area contributed by atoms with Gasteiger partial charge in [0, 0.05) is 43.8 Å². The van der Waals surface area contributed by atoms with Gasteiger partial charge in [-0.25, -0.2) is 4.98 Å². The van der Waals surface area contributed by atoms with Gasteiger partial charge < -0.3 is 10.2 Å². The van der Waals surface area contributed by atoms with Crippen molar-refractivity contribution >= 4 is 34.5 Å². The fourth-order valence-corrected chi connectivity index (χ4v) is 5.51. The number of thiazole rings is 1. The smallest absolute Gasteiger partial charge is 0.223 e. The lowest BCUT2D eigenvalue weighted by Crippen LogP contribution is -2.43. The molecule has 0 spiro atoms. The van der Waals surface area contributed by atoms with Crippen LogP contribution in [0, 0.1) is 5.92 Å². The first-order chi connectivity index (χ1) is 15.2. The summed E-state index contributed by atoms with van der Waals surface area (Å²) in [7, 11) is 0. The minimum atomic E-state index is -0.00436. The molecule has 4 rings (SSSR count). The molecule has 0 saturated carbocycles. The van der Waals surface area contributed by atoms with Crippen LogP contribution in [0.1, 0.15) is 30.5 Å². The summed E-state index contributed by atoms with van der Waals surface area (Å²) in [6.45, 7) is 1.94. The van der Waals surface area contributed by atoms with Crippen LogP contribution in [0.5, 0.6) is 0 Å². The van der Waals surface area contributed by atoms with E-state index in [1.165, 1.54) is 10.4 Å². The molecule has 1 saturated heterocycles. The van der Waals surface area contributed by atoms with Gasteiger partial charge in [-0.1, -0.05) is 36.4 Å². The van der Waals surface area contributed by atoms with Crippen LogP contribution in [-0.2, 0) is 22.4 Å². The van der Waals surface area contributed by atoms with Crippen molar-refractivity contribution in [3.05, 3.63) is 64.5 Å². The number of piperidine rings is 1. The molecule has 3 heterocycles. The van der Waals surface area contributed by atoms with E-state index in [-0.39, 0.29) is 17.7 Å². The van der Waals surface area contributed by atoms with Crippen LogP contribution in [0.3, 0.4) is 0 Å². The summed E-state index contributed by atoms with van der Waals surface area (Å²) in [5.74, 6) is 0.285. The van der Waals surface area contributed by atoms with Gasteiger partial charge in [0.2, 0.25) is 11.8 Å².